The average molecular weight is 360 g/mol. The van der Waals surface area contributed by atoms with Crippen LogP contribution in [0.2, 0.25) is 0 Å². The first-order chi connectivity index (χ1) is 13.2. The third kappa shape index (κ3) is 4.88. The highest BCUT2D eigenvalue weighted by molar-refractivity contribution is 5.96. The van der Waals surface area contributed by atoms with E-state index < -0.39 is 0 Å². The second-order valence-electron chi connectivity index (χ2n) is 6.24. The van der Waals surface area contributed by atoms with E-state index in [0.717, 1.165) is 22.7 Å². The minimum atomic E-state index is 0.0117. The van der Waals surface area contributed by atoms with Crippen LogP contribution in [0.5, 0.6) is 11.5 Å². The van der Waals surface area contributed by atoms with E-state index >= 15 is 0 Å². The second-order valence-corrected chi connectivity index (χ2v) is 6.24. The molecule has 1 N–H and O–H groups in total. The number of rotatable bonds is 7. The topological polar surface area (TPSA) is 41.6 Å². The van der Waals surface area contributed by atoms with Gasteiger partial charge in [0.25, 0.3) is 0 Å². The molecule has 0 heterocycles. The third-order valence-corrected chi connectivity index (χ3v) is 4.22. The lowest BCUT2D eigenvalue weighted by Gasteiger charge is -2.22. The fourth-order valence-electron chi connectivity index (χ4n) is 2.88. The molecule has 27 heavy (non-hydrogen) atoms. The van der Waals surface area contributed by atoms with Gasteiger partial charge in [-0.05, 0) is 55.8 Å². The summed E-state index contributed by atoms with van der Waals surface area (Å²) in [6, 6.07) is 25.2. The maximum Gasteiger partial charge on any atom is 0.246 e. The largest absolute Gasteiger partial charge is 0.455 e. The number of anilines is 2. The van der Waals surface area contributed by atoms with Crippen molar-refractivity contribution < 1.29 is 9.53 Å². The Labute approximate surface area is 160 Å². The maximum absolute atomic E-state index is 12.8. The summed E-state index contributed by atoms with van der Waals surface area (Å²) in [5.41, 5.74) is 2.83. The lowest BCUT2D eigenvalue weighted by atomic mass is 10.2. The fraction of sp³-hybridized carbons (Fsp3) is 0.174. The van der Waals surface area contributed by atoms with E-state index in [9.17, 15) is 4.79 Å². The van der Waals surface area contributed by atoms with Gasteiger partial charge in [-0.25, -0.2) is 0 Å². The average Bonchev–Trinajstić information content (AvgIpc) is 2.69. The molecule has 0 aliphatic heterocycles. The summed E-state index contributed by atoms with van der Waals surface area (Å²) in [5.74, 6) is 1.46. The summed E-state index contributed by atoms with van der Waals surface area (Å²) < 4.78 is 5.94. The number of nitrogens with one attached hydrogen (secondary N) is 1. The number of ether oxygens (including phenoxy) is 1. The maximum atomic E-state index is 12.8. The van der Waals surface area contributed by atoms with Crippen LogP contribution in [-0.4, -0.2) is 19.0 Å². The van der Waals surface area contributed by atoms with Gasteiger partial charge in [-0.2, -0.15) is 0 Å². The molecule has 0 saturated carbocycles. The molecule has 0 fully saturated rings. The van der Waals surface area contributed by atoms with E-state index in [1.54, 1.807) is 4.90 Å². The molecular formula is C23H24N2O2. The van der Waals surface area contributed by atoms with E-state index in [-0.39, 0.29) is 12.5 Å². The Morgan fingerprint density at radius 2 is 1.70 bits per heavy atom. The Kier molecular flexibility index (Phi) is 6.10. The van der Waals surface area contributed by atoms with E-state index in [1.807, 2.05) is 92.7 Å². The first kappa shape index (κ1) is 18.5. The van der Waals surface area contributed by atoms with Crippen molar-refractivity contribution >= 4 is 17.3 Å². The van der Waals surface area contributed by atoms with Crippen molar-refractivity contribution in [2.45, 2.75) is 13.8 Å². The van der Waals surface area contributed by atoms with E-state index in [4.69, 9.17) is 4.74 Å². The lowest BCUT2D eigenvalue weighted by molar-refractivity contribution is -0.116. The van der Waals surface area contributed by atoms with Crippen molar-refractivity contribution in [2.24, 2.45) is 0 Å². The number of carbonyl (C=O) groups excluding carboxylic acids is 1. The minimum absolute atomic E-state index is 0.0117. The quantitative estimate of drug-likeness (QED) is 0.625. The Hall–Kier alpha value is -3.27. The van der Waals surface area contributed by atoms with Gasteiger partial charge in [-0.15, -0.1) is 0 Å². The molecule has 0 saturated heterocycles. The molecule has 3 rings (SSSR count). The van der Waals surface area contributed by atoms with Gasteiger partial charge in [0.1, 0.15) is 5.75 Å². The monoisotopic (exact) mass is 360 g/mol. The highest BCUT2D eigenvalue weighted by Gasteiger charge is 2.14. The van der Waals surface area contributed by atoms with Crippen LogP contribution in [0.4, 0.5) is 11.4 Å². The summed E-state index contributed by atoms with van der Waals surface area (Å²) in [5, 5.41) is 3.22. The predicted octanol–water partition coefficient (Wildman–Crippen LogP) is 5.25. The van der Waals surface area contributed by atoms with Crippen molar-refractivity contribution in [3.63, 3.8) is 0 Å². The summed E-state index contributed by atoms with van der Waals surface area (Å²) in [6.45, 7) is 4.81. The van der Waals surface area contributed by atoms with Crippen LogP contribution >= 0.6 is 0 Å². The second kappa shape index (κ2) is 8.90. The molecule has 3 aromatic rings. The van der Waals surface area contributed by atoms with Gasteiger partial charge >= 0.3 is 0 Å². The third-order valence-electron chi connectivity index (χ3n) is 4.22. The number of hydrogen-bond acceptors (Lipinski definition) is 3. The first-order valence-corrected chi connectivity index (χ1v) is 9.10. The molecule has 4 nitrogen and oxygen atoms in total. The van der Waals surface area contributed by atoms with E-state index in [1.165, 1.54) is 0 Å². The van der Waals surface area contributed by atoms with Gasteiger partial charge in [0, 0.05) is 12.2 Å². The Morgan fingerprint density at radius 3 is 2.44 bits per heavy atom. The molecule has 1 amide bonds. The summed E-state index contributed by atoms with van der Waals surface area (Å²) >= 11 is 0. The van der Waals surface area contributed by atoms with Crippen molar-refractivity contribution in [3.8, 4) is 11.5 Å². The zero-order chi connectivity index (χ0) is 19.1. The molecule has 3 aromatic carbocycles. The van der Waals surface area contributed by atoms with Gasteiger partial charge in [-0.3, -0.25) is 4.79 Å². The number of nitrogens with zero attached hydrogens (tertiary/aromatic N) is 1. The summed E-state index contributed by atoms with van der Waals surface area (Å²) in [7, 11) is 0. The number of amides is 1. The van der Waals surface area contributed by atoms with Crippen LogP contribution in [0.15, 0.2) is 78.9 Å². The molecule has 0 unspecified atom stereocenters. The first-order valence-electron chi connectivity index (χ1n) is 9.10. The van der Waals surface area contributed by atoms with Crippen molar-refractivity contribution in [3.05, 3.63) is 84.4 Å². The molecule has 0 radical (unpaired) electrons. The molecule has 138 valence electrons. The zero-order valence-electron chi connectivity index (χ0n) is 15.7. The SMILES string of the molecule is CCN(C(=O)CNc1ccccc1Oc1ccccc1)c1cccc(C)c1. The molecule has 0 aromatic heterocycles. The van der Waals surface area contributed by atoms with Crippen LogP contribution in [0.25, 0.3) is 0 Å². The van der Waals surface area contributed by atoms with Crippen molar-refractivity contribution in [1.82, 2.24) is 0 Å². The number of para-hydroxylation sites is 3. The van der Waals surface area contributed by atoms with Crippen molar-refractivity contribution in [2.75, 3.05) is 23.3 Å². The molecule has 0 aliphatic carbocycles. The van der Waals surface area contributed by atoms with E-state index in [0.29, 0.717) is 12.3 Å². The smallest absolute Gasteiger partial charge is 0.246 e. The number of aryl methyl sites for hydroxylation is 1. The normalized spacial score (nSPS) is 10.3. The van der Waals surface area contributed by atoms with Gasteiger partial charge in [0.15, 0.2) is 5.75 Å². The van der Waals surface area contributed by atoms with Gasteiger partial charge in [0.2, 0.25) is 5.91 Å². The highest BCUT2D eigenvalue weighted by Crippen LogP contribution is 2.29. The molecule has 0 aliphatic rings. The standard InChI is InChI=1S/C23H24N2O2/c1-3-25(19-11-9-10-18(2)16-19)23(26)17-24-21-14-7-8-15-22(21)27-20-12-5-4-6-13-20/h4-16,24H,3,17H2,1-2H3. The number of carbonyl (C=O) groups is 1. The Balaban J connectivity index is 1.70. The molecule has 4 heteroatoms. The number of benzene rings is 3. The lowest BCUT2D eigenvalue weighted by Crippen LogP contribution is -2.35. The van der Waals surface area contributed by atoms with Gasteiger partial charge < -0.3 is 15.0 Å². The molecule has 0 spiro atoms. The van der Waals surface area contributed by atoms with Crippen LogP contribution in [0.3, 0.4) is 0 Å². The van der Waals surface area contributed by atoms with Gasteiger partial charge in [0.05, 0.1) is 12.2 Å². The van der Waals surface area contributed by atoms with Crippen LogP contribution in [-0.2, 0) is 4.79 Å². The van der Waals surface area contributed by atoms with Crippen LogP contribution < -0.4 is 15.0 Å². The zero-order valence-corrected chi connectivity index (χ0v) is 15.7. The van der Waals surface area contributed by atoms with Crippen LogP contribution in [0, 0.1) is 6.92 Å². The highest BCUT2D eigenvalue weighted by atomic mass is 16.5. The predicted molar refractivity (Wildman–Crippen MR) is 111 cm³/mol. The minimum Gasteiger partial charge on any atom is -0.455 e. The molecule has 0 atom stereocenters. The summed E-state index contributed by atoms with van der Waals surface area (Å²) in [6.07, 6.45) is 0. The Bertz CT molecular complexity index is 894. The number of likely N-dealkylation sites (N-methyl/N-ethyl adjacent to an activating group) is 1. The van der Waals surface area contributed by atoms with Crippen LogP contribution in [0.1, 0.15) is 12.5 Å². The van der Waals surface area contributed by atoms with Gasteiger partial charge in [-0.1, -0.05) is 42.5 Å². The fourth-order valence-corrected chi connectivity index (χ4v) is 2.88. The van der Waals surface area contributed by atoms with Crippen molar-refractivity contribution in [1.29, 1.82) is 0 Å². The molecule has 0 bridgehead atoms. The van der Waals surface area contributed by atoms with E-state index in [2.05, 4.69) is 5.32 Å². The summed E-state index contributed by atoms with van der Waals surface area (Å²) in [4.78, 5) is 14.5. The Morgan fingerprint density at radius 1 is 0.963 bits per heavy atom. The number of hydrogen-bond donors (Lipinski definition) is 1. The molecular weight excluding hydrogens is 336 g/mol.